The van der Waals surface area contributed by atoms with Crippen molar-refractivity contribution in [3.63, 3.8) is 0 Å². The molecule has 0 N–H and O–H groups in total. The second kappa shape index (κ2) is 14.0. The molecule has 2 rings (SSSR count). The number of hydrogen-bond acceptors (Lipinski definition) is 5. The van der Waals surface area contributed by atoms with Crippen molar-refractivity contribution in [2.24, 2.45) is 0 Å². The monoisotopic (exact) mass is 630 g/mol. The maximum Gasteiger partial charge on any atom is 0.205 e. The largest absolute Gasteiger partial charge is 0.466 e. The van der Waals surface area contributed by atoms with Crippen molar-refractivity contribution in [1.29, 1.82) is 0 Å². The first-order chi connectivity index (χ1) is 17.7. The molecule has 38 heavy (non-hydrogen) atoms. The predicted octanol–water partition coefficient (Wildman–Crippen LogP) is 10.0. The summed E-state index contributed by atoms with van der Waals surface area (Å²) in [5.74, 6) is 1.63. The summed E-state index contributed by atoms with van der Waals surface area (Å²) < 4.78 is 33.2. The highest BCUT2D eigenvalue weighted by molar-refractivity contribution is 9.10. The second-order valence-corrected chi connectivity index (χ2v) is 24.5. The van der Waals surface area contributed by atoms with Crippen LogP contribution < -0.4 is 9.47 Å². The summed E-state index contributed by atoms with van der Waals surface area (Å²) in [6.45, 7) is 28.8. The standard InChI is InChI=1S/C30H55BrO5Si2/c1-19(2)37(20(3)4,21(5)6)34-17-16-25-28-27(15-14-26(31)29(28)33-18-32-13)35-30(25)36-38(22(7)8,23(9)10)24(11)12/h14-15,19-25,30H,16-18H2,1-13H3/t25-,30+/m0/s1. The van der Waals surface area contributed by atoms with Crippen LogP contribution >= 0.6 is 15.9 Å². The van der Waals surface area contributed by atoms with Crippen LogP contribution in [-0.4, -0.2) is 43.4 Å². The van der Waals surface area contributed by atoms with Crippen LogP contribution in [0, 0.1) is 0 Å². The molecule has 0 aliphatic carbocycles. The number of methoxy groups -OCH3 is 1. The van der Waals surface area contributed by atoms with Gasteiger partial charge < -0.3 is 23.1 Å². The third-order valence-corrected chi connectivity index (χ3v) is 21.7. The first-order valence-corrected chi connectivity index (χ1v) is 19.7. The van der Waals surface area contributed by atoms with Crippen LogP contribution in [0.2, 0.25) is 33.2 Å². The molecule has 0 amide bonds. The minimum Gasteiger partial charge on any atom is -0.466 e. The van der Waals surface area contributed by atoms with Crippen molar-refractivity contribution in [1.82, 2.24) is 0 Å². The summed E-state index contributed by atoms with van der Waals surface area (Å²) in [6, 6.07) is 4.03. The zero-order valence-corrected chi connectivity index (χ0v) is 29.9. The van der Waals surface area contributed by atoms with Crippen LogP contribution in [0.5, 0.6) is 11.5 Å². The van der Waals surface area contributed by atoms with E-state index in [1.807, 2.05) is 12.1 Å². The Morgan fingerprint density at radius 1 is 0.789 bits per heavy atom. The molecule has 1 aromatic carbocycles. The summed E-state index contributed by atoms with van der Waals surface area (Å²) in [5.41, 5.74) is 4.08. The number of halogens is 1. The summed E-state index contributed by atoms with van der Waals surface area (Å²) in [6.07, 6.45) is 0.455. The van der Waals surface area contributed by atoms with Crippen LogP contribution in [0.3, 0.4) is 0 Å². The molecule has 0 unspecified atom stereocenters. The van der Waals surface area contributed by atoms with Gasteiger partial charge in [-0.15, -0.1) is 0 Å². The average molecular weight is 632 g/mol. The molecule has 1 aliphatic heterocycles. The summed E-state index contributed by atoms with van der Waals surface area (Å²) in [7, 11) is -2.54. The molecule has 0 radical (unpaired) electrons. The lowest BCUT2D eigenvalue weighted by Crippen LogP contribution is -2.52. The van der Waals surface area contributed by atoms with E-state index in [4.69, 9.17) is 23.1 Å². The Morgan fingerprint density at radius 2 is 1.29 bits per heavy atom. The van der Waals surface area contributed by atoms with E-state index >= 15 is 0 Å². The molecule has 0 aromatic heterocycles. The second-order valence-electron chi connectivity index (χ2n) is 12.8. The van der Waals surface area contributed by atoms with Gasteiger partial charge in [-0.25, -0.2) is 0 Å². The minimum absolute atomic E-state index is 0.00988. The van der Waals surface area contributed by atoms with Crippen LogP contribution in [0.1, 0.15) is 101 Å². The molecule has 0 fully saturated rings. The molecule has 220 valence electrons. The third kappa shape index (κ3) is 6.57. The van der Waals surface area contributed by atoms with Crippen molar-refractivity contribution < 1.29 is 23.1 Å². The maximum atomic E-state index is 7.27. The molecule has 5 nitrogen and oxygen atoms in total. The highest BCUT2D eigenvalue weighted by Gasteiger charge is 2.51. The van der Waals surface area contributed by atoms with Gasteiger partial charge in [0.2, 0.25) is 8.32 Å². The molecule has 1 aromatic rings. The average Bonchev–Trinajstić information content (AvgIpc) is 3.15. The fraction of sp³-hybridized carbons (Fsp3) is 0.800. The highest BCUT2D eigenvalue weighted by Crippen LogP contribution is 2.52. The Labute approximate surface area is 244 Å². The third-order valence-electron chi connectivity index (χ3n) is 8.89. The summed E-state index contributed by atoms with van der Waals surface area (Å²) in [4.78, 5) is 0. The zero-order valence-electron chi connectivity index (χ0n) is 26.3. The smallest absolute Gasteiger partial charge is 0.205 e. The number of fused-ring (bicyclic) bond motifs is 1. The normalized spacial score (nSPS) is 18.4. The molecule has 1 heterocycles. The lowest BCUT2D eigenvalue weighted by Gasteiger charge is -2.45. The van der Waals surface area contributed by atoms with Crippen LogP contribution in [0.25, 0.3) is 0 Å². The molecule has 1 aliphatic rings. The molecule has 0 saturated carbocycles. The van der Waals surface area contributed by atoms with E-state index in [1.165, 1.54) is 0 Å². The molecular weight excluding hydrogens is 576 g/mol. The zero-order chi connectivity index (χ0) is 29.0. The Balaban J connectivity index is 2.53. The van der Waals surface area contributed by atoms with Gasteiger partial charge in [-0.3, -0.25) is 0 Å². The van der Waals surface area contributed by atoms with E-state index in [2.05, 4.69) is 99.0 Å². The van der Waals surface area contributed by atoms with E-state index in [9.17, 15) is 0 Å². The van der Waals surface area contributed by atoms with E-state index in [0.29, 0.717) is 39.9 Å². The predicted molar refractivity (Wildman–Crippen MR) is 168 cm³/mol. The van der Waals surface area contributed by atoms with Gasteiger partial charge in [-0.1, -0.05) is 83.1 Å². The highest BCUT2D eigenvalue weighted by atomic mass is 79.9. The van der Waals surface area contributed by atoms with E-state index in [0.717, 1.165) is 28.0 Å². The van der Waals surface area contributed by atoms with Gasteiger partial charge in [0.05, 0.1) is 10.4 Å². The van der Waals surface area contributed by atoms with Gasteiger partial charge in [0.15, 0.2) is 21.4 Å². The van der Waals surface area contributed by atoms with Crippen LogP contribution in [0.4, 0.5) is 0 Å². The quantitative estimate of drug-likeness (QED) is 0.142. The number of rotatable bonds is 15. The molecular formula is C30H55BrO5Si2. The lowest BCUT2D eigenvalue weighted by atomic mass is 9.96. The summed E-state index contributed by atoms with van der Waals surface area (Å²) >= 11 is 3.72. The van der Waals surface area contributed by atoms with Crippen molar-refractivity contribution in [2.45, 2.75) is 135 Å². The van der Waals surface area contributed by atoms with E-state index < -0.39 is 16.6 Å². The van der Waals surface area contributed by atoms with Crippen molar-refractivity contribution >= 4 is 32.6 Å². The molecule has 2 atom stereocenters. The first kappa shape index (κ1) is 33.8. The fourth-order valence-corrected chi connectivity index (χ4v) is 18.8. The van der Waals surface area contributed by atoms with Gasteiger partial charge in [0, 0.05) is 19.3 Å². The van der Waals surface area contributed by atoms with Gasteiger partial charge in [-0.2, -0.15) is 0 Å². The molecule has 8 heteroatoms. The van der Waals surface area contributed by atoms with Crippen LogP contribution in [0.15, 0.2) is 16.6 Å². The topological polar surface area (TPSA) is 46.2 Å². The van der Waals surface area contributed by atoms with Crippen LogP contribution in [-0.2, 0) is 13.6 Å². The number of benzene rings is 1. The van der Waals surface area contributed by atoms with E-state index in [-0.39, 0.29) is 19.0 Å². The van der Waals surface area contributed by atoms with Gasteiger partial charge in [-0.05, 0) is 67.7 Å². The first-order valence-electron chi connectivity index (χ1n) is 14.6. The molecule has 0 spiro atoms. The minimum atomic E-state index is -2.19. The number of hydrogen-bond donors (Lipinski definition) is 0. The fourth-order valence-electron chi connectivity index (χ4n) is 7.48. The SMILES string of the molecule is COCOc1c(Br)ccc2c1[C@H](CCO[Si](C(C)C)(C(C)C)C(C)C)[C@@H](O[Si](C(C)C)(C(C)C)C(C)C)O2. The summed E-state index contributed by atoms with van der Waals surface area (Å²) in [5, 5.41) is 0. The van der Waals surface area contributed by atoms with E-state index in [1.54, 1.807) is 7.11 Å². The van der Waals surface area contributed by atoms with Gasteiger partial charge in [0.1, 0.15) is 11.5 Å². The lowest BCUT2D eigenvalue weighted by molar-refractivity contribution is -0.0150. The van der Waals surface area contributed by atoms with Crippen molar-refractivity contribution in [3.8, 4) is 11.5 Å². The van der Waals surface area contributed by atoms with Gasteiger partial charge in [0.25, 0.3) is 0 Å². The Bertz CT molecular complexity index is 844. The maximum absolute atomic E-state index is 7.27. The molecule has 0 bridgehead atoms. The Hall–Kier alpha value is -0.386. The van der Waals surface area contributed by atoms with Crippen molar-refractivity contribution in [3.05, 3.63) is 22.2 Å². The molecule has 0 saturated heterocycles. The Kier molecular flexibility index (Phi) is 12.5. The number of ether oxygens (including phenoxy) is 3. The van der Waals surface area contributed by atoms with Gasteiger partial charge >= 0.3 is 0 Å². The van der Waals surface area contributed by atoms with Crippen molar-refractivity contribution in [2.75, 3.05) is 20.5 Å². The Morgan fingerprint density at radius 3 is 1.74 bits per heavy atom.